The Morgan fingerprint density at radius 2 is 2.15 bits per heavy atom. The van der Waals surface area contributed by atoms with E-state index in [0.29, 0.717) is 24.5 Å². The van der Waals surface area contributed by atoms with Crippen molar-refractivity contribution >= 4 is 21.9 Å². The molecule has 8 heteroatoms. The number of nitrogens with zero attached hydrogens (tertiary/aromatic N) is 3. The molecule has 0 atom stereocenters. The second kappa shape index (κ2) is 7.02. The van der Waals surface area contributed by atoms with Crippen molar-refractivity contribution < 1.29 is 13.0 Å². The van der Waals surface area contributed by atoms with Gasteiger partial charge in [-0.15, -0.1) is 0 Å². The number of hydrogen-bond acceptors (Lipinski definition) is 5. The molecule has 0 aliphatic carbocycles. The van der Waals surface area contributed by atoms with Gasteiger partial charge in [0.25, 0.3) is 0 Å². The summed E-state index contributed by atoms with van der Waals surface area (Å²) in [5.74, 6) is 0.937. The Hall–Kier alpha value is -0.430. The summed E-state index contributed by atoms with van der Waals surface area (Å²) in [5.41, 5.74) is 7.90. The van der Waals surface area contributed by atoms with Gasteiger partial charge in [0.05, 0.1) is 10.1 Å². The SMILES string of the molecule is [N-]=[N+]=NCCSCCCS(=O)(=O)[O-]. The Bertz CT molecular complexity index is 271. The maximum Gasteiger partial charge on any atom is 0.0946 e. The average molecular weight is 224 g/mol. The molecule has 0 spiro atoms. The van der Waals surface area contributed by atoms with E-state index >= 15 is 0 Å². The van der Waals surface area contributed by atoms with E-state index in [4.69, 9.17) is 5.53 Å². The van der Waals surface area contributed by atoms with E-state index in [1.165, 1.54) is 11.8 Å². The summed E-state index contributed by atoms with van der Waals surface area (Å²) >= 11 is 1.47. The lowest BCUT2D eigenvalue weighted by atomic mass is 10.6. The topological polar surface area (TPSA) is 106 Å². The fourth-order valence-corrected chi connectivity index (χ4v) is 2.03. The van der Waals surface area contributed by atoms with E-state index in [1.807, 2.05) is 0 Å². The minimum Gasteiger partial charge on any atom is -0.748 e. The highest BCUT2D eigenvalue weighted by atomic mass is 32.2. The Balaban J connectivity index is 3.22. The third-order valence-corrected chi connectivity index (χ3v) is 2.92. The molecule has 0 aliphatic heterocycles. The largest absolute Gasteiger partial charge is 0.748 e. The van der Waals surface area contributed by atoms with Crippen molar-refractivity contribution in [1.29, 1.82) is 0 Å². The van der Waals surface area contributed by atoms with Gasteiger partial charge in [-0.3, -0.25) is 0 Å². The molecular formula is C5H10N3O3S2-. The molecule has 0 aromatic rings. The number of hydrogen-bond donors (Lipinski definition) is 0. The maximum atomic E-state index is 10.1. The van der Waals surface area contributed by atoms with Crippen LogP contribution in [0.3, 0.4) is 0 Å². The predicted molar refractivity (Wildman–Crippen MR) is 50.5 cm³/mol. The van der Waals surface area contributed by atoms with Crippen LogP contribution < -0.4 is 0 Å². The Morgan fingerprint density at radius 3 is 2.69 bits per heavy atom. The van der Waals surface area contributed by atoms with Gasteiger partial charge in [-0.25, -0.2) is 8.42 Å². The lowest BCUT2D eigenvalue weighted by molar-refractivity contribution is 0.462. The molecule has 0 heterocycles. The quantitative estimate of drug-likeness (QED) is 0.211. The standard InChI is InChI=1S/C5H11N3O3S2/c6-8-7-2-4-12-3-1-5-13(9,10)11/h1-5H2,(H,9,10,11)/p-1. The average Bonchev–Trinajstić information content (AvgIpc) is 2.01. The molecule has 0 unspecified atom stereocenters. The predicted octanol–water partition coefficient (Wildman–Crippen LogP) is 0.965. The summed E-state index contributed by atoms with van der Waals surface area (Å²) in [6, 6.07) is 0. The van der Waals surface area contributed by atoms with Crippen molar-refractivity contribution in [2.24, 2.45) is 5.11 Å². The summed E-state index contributed by atoms with van der Waals surface area (Å²) in [6.45, 7) is 0.394. The molecule has 0 radical (unpaired) electrons. The van der Waals surface area contributed by atoms with Crippen molar-refractivity contribution in [2.75, 3.05) is 23.8 Å². The van der Waals surface area contributed by atoms with Gasteiger partial charge >= 0.3 is 0 Å². The van der Waals surface area contributed by atoms with Gasteiger partial charge in [0.2, 0.25) is 0 Å². The zero-order valence-electron chi connectivity index (χ0n) is 6.92. The molecule has 0 rings (SSSR count). The monoisotopic (exact) mass is 224 g/mol. The molecule has 0 amide bonds. The van der Waals surface area contributed by atoms with Gasteiger partial charge in [0.15, 0.2) is 0 Å². The van der Waals surface area contributed by atoms with Gasteiger partial charge in [-0.2, -0.15) is 11.8 Å². The minimum atomic E-state index is -4.07. The Kier molecular flexibility index (Phi) is 6.79. The number of azide groups is 1. The minimum absolute atomic E-state index is 0.318. The molecule has 0 saturated heterocycles. The summed E-state index contributed by atoms with van der Waals surface area (Å²) < 4.78 is 30.4. The molecule has 0 bridgehead atoms. The summed E-state index contributed by atoms with van der Waals surface area (Å²) in [6.07, 6.45) is 0.354. The van der Waals surface area contributed by atoms with Crippen LogP contribution in [0.2, 0.25) is 0 Å². The van der Waals surface area contributed by atoms with Crippen LogP contribution in [0.25, 0.3) is 10.4 Å². The summed E-state index contributed by atoms with van der Waals surface area (Å²) in [5, 5.41) is 3.30. The first kappa shape index (κ1) is 12.6. The van der Waals surface area contributed by atoms with Gasteiger partial charge in [0, 0.05) is 17.2 Å². The van der Waals surface area contributed by atoms with Crippen LogP contribution in [0.4, 0.5) is 0 Å². The van der Waals surface area contributed by atoms with E-state index in [2.05, 4.69) is 10.0 Å². The molecule has 0 fully saturated rings. The van der Waals surface area contributed by atoms with E-state index in [9.17, 15) is 13.0 Å². The third kappa shape index (κ3) is 11.6. The first-order chi connectivity index (χ1) is 6.06. The van der Waals surface area contributed by atoms with Crippen molar-refractivity contribution in [1.82, 2.24) is 0 Å². The smallest absolute Gasteiger partial charge is 0.0946 e. The second-order valence-corrected chi connectivity index (χ2v) is 4.93. The lowest BCUT2D eigenvalue weighted by Crippen LogP contribution is -2.05. The fourth-order valence-electron chi connectivity index (χ4n) is 0.590. The molecule has 0 saturated carbocycles. The molecular weight excluding hydrogens is 214 g/mol. The first-order valence-corrected chi connectivity index (χ1v) is 6.31. The number of thioether (sulfide) groups is 1. The highest BCUT2D eigenvalue weighted by Gasteiger charge is 1.94. The maximum absolute atomic E-state index is 10.1. The second-order valence-electron chi connectivity index (χ2n) is 2.18. The third-order valence-electron chi connectivity index (χ3n) is 1.08. The van der Waals surface area contributed by atoms with Crippen LogP contribution >= 0.6 is 11.8 Å². The van der Waals surface area contributed by atoms with Crippen LogP contribution in [0, 0.1) is 0 Å². The molecule has 76 valence electrons. The van der Waals surface area contributed by atoms with Crippen molar-refractivity contribution in [3.8, 4) is 0 Å². The van der Waals surface area contributed by atoms with Crippen LogP contribution in [0.1, 0.15) is 6.42 Å². The molecule has 0 aromatic heterocycles. The van der Waals surface area contributed by atoms with E-state index in [-0.39, 0.29) is 5.75 Å². The van der Waals surface area contributed by atoms with Crippen molar-refractivity contribution in [3.63, 3.8) is 0 Å². The normalized spacial score (nSPS) is 10.8. The van der Waals surface area contributed by atoms with Crippen LogP contribution in [-0.4, -0.2) is 36.8 Å². The highest BCUT2D eigenvalue weighted by Crippen LogP contribution is 2.03. The summed E-state index contributed by atoms with van der Waals surface area (Å²) in [7, 11) is -4.07. The van der Waals surface area contributed by atoms with Crippen LogP contribution in [0.5, 0.6) is 0 Å². The van der Waals surface area contributed by atoms with Gasteiger partial charge in [-0.1, -0.05) is 5.11 Å². The summed E-state index contributed by atoms with van der Waals surface area (Å²) in [4.78, 5) is 2.56. The van der Waals surface area contributed by atoms with Gasteiger partial charge in [0.1, 0.15) is 0 Å². The van der Waals surface area contributed by atoms with Gasteiger partial charge in [-0.05, 0) is 23.5 Å². The Morgan fingerprint density at radius 1 is 1.46 bits per heavy atom. The van der Waals surface area contributed by atoms with E-state index in [0.717, 1.165) is 0 Å². The number of rotatable bonds is 7. The van der Waals surface area contributed by atoms with Crippen molar-refractivity contribution in [2.45, 2.75) is 6.42 Å². The van der Waals surface area contributed by atoms with Gasteiger partial charge < -0.3 is 4.55 Å². The molecule has 0 aromatic carbocycles. The molecule has 0 N–H and O–H groups in total. The van der Waals surface area contributed by atoms with E-state index in [1.54, 1.807) is 0 Å². The van der Waals surface area contributed by atoms with Crippen LogP contribution in [0.15, 0.2) is 5.11 Å². The van der Waals surface area contributed by atoms with Crippen molar-refractivity contribution in [3.05, 3.63) is 10.4 Å². The Labute approximate surface area is 81.1 Å². The molecule has 0 aliphatic rings. The zero-order valence-corrected chi connectivity index (χ0v) is 8.55. The van der Waals surface area contributed by atoms with Crippen LogP contribution in [-0.2, 0) is 10.1 Å². The first-order valence-electron chi connectivity index (χ1n) is 3.58. The fraction of sp³-hybridized carbons (Fsp3) is 1.00. The molecule has 6 nitrogen and oxygen atoms in total. The zero-order chi connectivity index (χ0) is 10.2. The van der Waals surface area contributed by atoms with E-state index < -0.39 is 10.1 Å². The highest BCUT2D eigenvalue weighted by molar-refractivity contribution is 7.99. The lowest BCUT2D eigenvalue weighted by Gasteiger charge is -2.04. The molecule has 13 heavy (non-hydrogen) atoms.